The fourth-order valence-electron chi connectivity index (χ4n) is 1.90. The largest absolute Gasteiger partial charge is 0.497 e. The van der Waals surface area contributed by atoms with Gasteiger partial charge >= 0.3 is 5.97 Å². The minimum atomic E-state index is -1.01. The summed E-state index contributed by atoms with van der Waals surface area (Å²) in [5.74, 6) is -0.732. The number of aryl methyl sites for hydroxylation is 1. The molecule has 1 amide bonds. The molecule has 1 atom stereocenters. The van der Waals surface area contributed by atoms with E-state index < -0.39 is 12.0 Å². The highest BCUT2D eigenvalue weighted by molar-refractivity contribution is 5.85. The van der Waals surface area contributed by atoms with Crippen molar-refractivity contribution in [2.75, 3.05) is 7.11 Å². The van der Waals surface area contributed by atoms with Crippen LogP contribution in [0.4, 0.5) is 0 Å². The van der Waals surface area contributed by atoms with E-state index in [2.05, 4.69) is 5.32 Å². The molecule has 0 aliphatic carbocycles. The van der Waals surface area contributed by atoms with Crippen LogP contribution in [-0.4, -0.2) is 30.1 Å². The molecule has 5 heteroatoms. The van der Waals surface area contributed by atoms with Gasteiger partial charge in [-0.15, -0.1) is 0 Å². The van der Waals surface area contributed by atoms with Gasteiger partial charge in [-0.05, 0) is 36.1 Å². The van der Waals surface area contributed by atoms with Crippen molar-refractivity contribution in [3.05, 3.63) is 29.3 Å². The van der Waals surface area contributed by atoms with Gasteiger partial charge in [-0.25, -0.2) is 4.79 Å². The SMILES string of the molecule is COc1ccc(CC(=O)NC(C(=O)O)C(C)C)c(C)c1. The van der Waals surface area contributed by atoms with Gasteiger partial charge in [0.25, 0.3) is 0 Å². The first-order chi connectivity index (χ1) is 9.35. The molecule has 0 radical (unpaired) electrons. The lowest BCUT2D eigenvalue weighted by Crippen LogP contribution is -2.44. The standard InChI is InChI=1S/C15H21NO4/c1-9(2)14(15(18)19)16-13(17)8-11-5-6-12(20-4)7-10(11)3/h5-7,9,14H,8H2,1-4H3,(H,16,17)(H,18,19). The molecule has 0 bridgehead atoms. The third kappa shape index (κ3) is 4.26. The molecule has 0 spiro atoms. The zero-order chi connectivity index (χ0) is 15.3. The number of carboxylic acid groups (broad SMARTS) is 1. The second-order valence-corrected chi connectivity index (χ2v) is 5.10. The van der Waals surface area contributed by atoms with Crippen LogP contribution >= 0.6 is 0 Å². The molecule has 5 nitrogen and oxygen atoms in total. The monoisotopic (exact) mass is 279 g/mol. The normalized spacial score (nSPS) is 12.1. The summed E-state index contributed by atoms with van der Waals surface area (Å²) in [7, 11) is 1.58. The number of aliphatic carboxylic acids is 1. The van der Waals surface area contributed by atoms with Crippen LogP contribution < -0.4 is 10.1 Å². The van der Waals surface area contributed by atoms with Crippen molar-refractivity contribution in [1.82, 2.24) is 5.32 Å². The summed E-state index contributed by atoms with van der Waals surface area (Å²) in [6.07, 6.45) is 0.159. The molecular formula is C15H21NO4. The Bertz CT molecular complexity index is 497. The van der Waals surface area contributed by atoms with Gasteiger partial charge in [0, 0.05) is 0 Å². The van der Waals surface area contributed by atoms with Gasteiger partial charge in [-0.1, -0.05) is 19.9 Å². The van der Waals surface area contributed by atoms with E-state index in [1.807, 2.05) is 19.1 Å². The van der Waals surface area contributed by atoms with Crippen molar-refractivity contribution in [2.24, 2.45) is 5.92 Å². The Kier molecular flexibility index (Phi) is 5.55. The number of nitrogens with one attached hydrogen (secondary N) is 1. The highest BCUT2D eigenvalue weighted by atomic mass is 16.5. The second kappa shape index (κ2) is 6.93. The zero-order valence-corrected chi connectivity index (χ0v) is 12.3. The molecule has 0 saturated heterocycles. The number of amides is 1. The van der Waals surface area contributed by atoms with Crippen molar-refractivity contribution in [3.63, 3.8) is 0 Å². The summed E-state index contributed by atoms with van der Waals surface area (Å²) < 4.78 is 5.10. The van der Waals surface area contributed by atoms with Crippen molar-refractivity contribution in [1.29, 1.82) is 0 Å². The Hall–Kier alpha value is -2.04. The number of carboxylic acids is 1. The lowest BCUT2D eigenvalue weighted by atomic mass is 10.0. The van der Waals surface area contributed by atoms with Crippen LogP contribution in [0.15, 0.2) is 18.2 Å². The van der Waals surface area contributed by atoms with Crippen LogP contribution in [0.5, 0.6) is 5.75 Å². The zero-order valence-electron chi connectivity index (χ0n) is 12.3. The molecule has 110 valence electrons. The maximum Gasteiger partial charge on any atom is 0.326 e. The molecule has 0 heterocycles. The number of methoxy groups -OCH3 is 1. The number of carbonyl (C=O) groups excluding carboxylic acids is 1. The minimum absolute atomic E-state index is 0.159. The van der Waals surface area contributed by atoms with Gasteiger partial charge in [0.1, 0.15) is 11.8 Å². The molecule has 2 N–H and O–H groups in total. The number of ether oxygens (including phenoxy) is 1. The van der Waals surface area contributed by atoms with Gasteiger partial charge in [0.05, 0.1) is 13.5 Å². The van der Waals surface area contributed by atoms with Crippen molar-refractivity contribution in [2.45, 2.75) is 33.2 Å². The molecule has 1 aromatic rings. The summed E-state index contributed by atoms with van der Waals surface area (Å²) in [5.41, 5.74) is 1.80. The third-order valence-corrected chi connectivity index (χ3v) is 3.15. The van der Waals surface area contributed by atoms with E-state index in [0.717, 1.165) is 16.9 Å². The average Bonchev–Trinajstić information content (AvgIpc) is 2.37. The van der Waals surface area contributed by atoms with E-state index in [-0.39, 0.29) is 18.2 Å². The first kappa shape index (κ1) is 16.0. The molecule has 0 aliphatic rings. The van der Waals surface area contributed by atoms with Crippen LogP contribution in [0.25, 0.3) is 0 Å². The summed E-state index contributed by atoms with van der Waals surface area (Å²) in [4.78, 5) is 23.0. The fraction of sp³-hybridized carbons (Fsp3) is 0.467. The van der Waals surface area contributed by atoms with E-state index in [9.17, 15) is 9.59 Å². The van der Waals surface area contributed by atoms with E-state index in [4.69, 9.17) is 9.84 Å². The smallest absolute Gasteiger partial charge is 0.326 e. The molecule has 1 rings (SSSR count). The Morgan fingerprint density at radius 2 is 2.00 bits per heavy atom. The third-order valence-electron chi connectivity index (χ3n) is 3.15. The van der Waals surface area contributed by atoms with E-state index in [0.29, 0.717) is 0 Å². The molecule has 0 aromatic heterocycles. The minimum Gasteiger partial charge on any atom is -0.497 e. The Labute approximate surface area is 118 Å². The number of rotatable bonds is 6. The van der Waals surface area contributed by atoms with Crippen molar-refractivity contribution in [3.8, 4) is 5.75 Å². The first-order valence-electron chi connectivity index (χ1n) is 6.50. The molecule has 1 aromatic carbocycles. The maximum absolute atomic E-state index is 11.9. The maximum atomic E-state index is 11.9. The van der Waals surface area contributed by atoms with Crippen LogP contribution in [0.2, 0.25) is 0 Å². The Morgan fingerprint density at radius 3 is 2.45 bits per heavy atom. The van der Waals surface area contributed by atoms with Gasteiger partial charge in [-0.3, -0.25) is 4.79 Å². The lowest BCUT2D eigenvalue weighted by molar-refractivity contribution is -0.143. The number of benzene rings is 1. The molecule has 20 heavy (non-hydrogen) atoms. The molecular weight excluding hydrogens is 258 g/mol. The lowest BCUT2D eigenvalue weighted by Gasteiger charge is -2.18. The van der Waals surface area contributed by atoms with Crippen molar-refractivity contribution >= 4 is 11.9 Å². The van der Waals surface area contributed by atoms with Gasteiger partial charge < -0.3 is 15.2 Å². The predicted octanol–water partition coefficient (Wildman–Crippen LogP) is 1.77. The highest BCUT2D eigenvalue weighted by Gasteiger charge is 2.23. The van der Waals surface area contributed by atoms with E-state index >= 15 is 0 Å². The van der Waals surface area contributed by atoms with Crippen LogP contribution in [0, 0.1) is 12.8 Å². The van der Waals surface area contributed by atoms with Crippen LogP contribution in [-0.2, 0) is 16.0 Å². The summed E-state index contributed by atoms with van der Waals surface area (Å²) >= 11 is 0. The topological polar surface area (TPSA) is 75.6 Å². The van der Waals surface area contributed by atoms with Gasteiger partial charge in [-0.2, -0.15) is 0 Å². The van der Waals surface area contributed by atoms with Crippen LogP contribution in [0.1, 0.15) is 25.0 Å². The van der Waals surface area contributed by atoms with Crippen LogP contribution in [0.3, 0.4) is 0 Å². The first-order valence-corrected chi connectivity index (χ1v) is 6.50. The summed E-state index contributed by atoms with van der Waals surface area (Å²) in [5, 5.41) is 11.6. The molecule has 0 saturated carbocycles. The number of hydrogen-bond acceptors (Lipinski definition) is 3. The Balaban J connectivity index is 2.73. The molecule has 1 unspecified atom stereocenters. The summed E-state index contributed by atoms with van der Waals surface area (Å²) in [6, 6.07) is 4.59. The second-order valence-electron chi connectivity index (χ2n) is 5.10. The van der Waals surface area contributed by atoms with Crippen molar-refractivity contribution < 1.29 is 19.4 Å². The van der Waals surface area contributed by atoms with Gasteiger partial charge in [0.15, 0.2) is 0 Å². The fourth-order valence-corrected chi connectivity index (χ4v) is 1.90. The Morgan fingerprint density at radius 1 is 1.35 bits per heavy atom. The highest BCUT2D eigenvalue weighted by Crippen LogP contribution is 2.17. The quantitative estimate of drug-likeness (QED) is 0.832. The van der Waals surface area contributed by atoms with Gasteiger partial charge in [0.2, 0.25) is 5.91 Å². The molecule has 0 aliphatic heterocycles. The van der Waals surface area contributed by atoms with E-state index in [1.165, 1.54) is 0 Å². The predicted molar refractivity (Wildman–Crippen MR) is 75.8 cm³/mol. The summed E-state index contributed by atoms with van der Waals surface area (Å²) in [6.45, 7) is 5.41. The number of carbonyl (C=O) groups is 2. The number of hydrogen-bond donors (Lipinski definition) is 2. The van der Waals surface area contributed by atoms with E-state index in [1.54, 1.807) is 27.0 Å². The average molecular weight is 279 g/mol. The molecule has 0 fully saturated rings.